The molecule has 0 aromatic rings. The van der Waals surface area contributed by atoms with Crippen LogP contribution in [0.2, 0.25) is 0 Å². The molecule has 0 aromatic carbocycles. The van der Waals surface area contributed by atoms with Crippen molar-refractivity contribution in [2.24, 2.45) is 0 Å². The molecule has 3 nitrogen and oxygen atoms in total. The van der Waals surface area contributed by atoms with Crippen LogP contribution in [0.5, 0.6) is 0 Å². The van der Waals surface area contributed by atoms with Gasteiger partial charge in [0.2, 0.25) is 0 Å². The first-order valence-electron chi connectivity index (χ1n) is 7.95. The standard InChI is InChI=1S/C15H28N2O/c1-12-11-13(7-10-18-12)17-9-3-2-6-15(17)14-5-4-8-16-14/h12-16H,2-11H2,1H3. The molecule has 0 amide bonds. The zero-order valence-corrected chi connectivity index (χ0v) is 11.7. The summed E-state index contributed by atoms with van der Waals surface area (Å²) < 4.78 is 5.72. The Balaban J connectivity index is 1.66. The Hall–Kier alpha value is -0.120. The number of piperidine rings is 1. The van der Waals surface area contributed by atoms with E-state index in [0.717, 1.165) is 24.7 Å². The normalized spacial score (nSPS) is 43.2. The fraction of sp³-hybridized carbons (Fsp3) is 1.00. The summed E-state index contributed by atoms with van der Waals surface area (Å²) in [4.78, 5) is 2.84. The highest BCUT2D eigenvalue weighted by molar-refractivity contribution is 4.94. The number of nitrogens with zero attached hydrogens (tertiary/aromatic N) is 1. The van der Waals surface area contributed by atoms with Crippen LogP contribution in [-0.4, -0.2) is 48.8 Å². The van der Waals surface area contributed by atoms with Gasteiger partial charge < -0.3 is 10.1 Å². The lowest BCUT2D eigenvalue weighted by Gasteiger charge is -2.46. The van der Waals surface area contributed by atoms with Gasteiger partial charge in [0, 0.05) is 24.7 Å². The third kappa shape index (κ3) is 2.73. The van der Waals surface area contributed by atoms with Gasteiger partial charge in [-0.1, -0.05) is 6.42 Å². The first kappa shape index (κ1) is 12.9. The molecule has 104 valence electrons. The van der Waals surface area contributed by atoms with Gasteiger partial charge in [0.25, 0.3) is 0 Å². The van der Waals surface area contributed by atoms with Crippen molar-refractivity contribution in [3.05, 3.63) is 0 Å². The van der Waals surface area contributed by atoms with E-state index in [2.05, 4.69) is 17.1 Å². The second kappa shape index (κ2) is 5.89. The van der Waals surface area contributed by atoms with Gasteiger partial charge in [0.1, 0.15) is 0 Å². The molecular weight excluding hydrogens is 224 g/mol. The summed E-state index contributed by atoms with van der Waals surface area (Å²) in [6.45, 7) is 5.76. The number of likely N-dealkylation sites (tertiary alicyclic amines) is 1. The van der Waals surface area contributed by atoms with Crippen LogP contribution < -0.4 is 5.32 Å². The van der Waals surface area contributed by atoms with E-state index in [0.29, 0.717) is 6.10 Å². The van der Waals surface area contributed by atoms with Crippen molar-refractivity contribution in [1.29, 1.82) is 0 Å². The lowest BCUT2D eigenvalue weighted by molar-refractivity contribution is -0.0397. The third-order valence-corrected chi connectivity index (χ3v) is 5.08. The van der Waals surface area contributed by atoms with Crippen molar-refractivity contribution in [2.75, 3.05) is 19.7 Å². The number of nitrogens with one attached hydrogen (secondary N) is 1. The second-order valence-electron chi connectivity index (χ2n) is 6.36. The Morgan fingerprint density at radius 2 is 2.06 bits per heavy atom. The minimum Gasteiger partial charge on any atom is -0.378 e. The molecule has 3 heterocycles. The van der Waals surface area contributed by atoms with E-state index in [1.54, 1.807) is 0 Å². The molecule has 0 radical (unpaired) electrons. The monoisotopic (exact) mass is 252 g/mol. The van der Waals surface area contributed by atoms with Crippen LogP contribution in [0.3, 0.4) is 0 Å². The van der Waals surface area contributed by atoms with Crippen molar-refractivity contribution in [3.8, 4) is 0 Å². The van der Waals surface area contributed by atoms with Gasteiger partial charge in [-0.25, -0.2) is 0 Å². The smallest absolute Gasteiger partial charge is 0.0561 e. The Labute approximate surface area is 111 Å². The molecule has 18 heavy (non-hydrogen) atoms. The van der Waals surface area contributed by atoms with E-state index in [1.165, 1.54) is 58.0 Å². The van der Waals surface area contributed by atoms with Gasteiger partial charge >= 0.3 is 0 Å². The van der Waals surface area contributed by atoms with Crippen molar-refractivity contribution < 1.29 is 4.74 Å². The molecule has 0 spiro atoms. The number of rotatable bonds is 2. The highest BCUT2D eigenvalue weighted by atomic mass is 16.5. The number of hydrogen-bond acceptors (Lipinski definition) is 3. The van der Waals surface area contributed by atoms with E-state index in [1.807, 2.05) is 0 Å². The van der Waals surface area contributed by atoms with Crippen LogP contribution in [0, 0.1) is 0 Å². The predicted octanol–water partition coefficient (Wildman–Crippen LogP) is 2.16. The first-order chi connectivity index (χ1) is 8.84. The summed E-state index contributed by atoms with van der Waals surface area (Å²) in [7, 11) is 0. The van der Waals surface area contributed by atoms with Crippen molar-refractivity contribution in [1.82, 2.24) is 10.2 Å². The number of hydrogen-bond donors (Lipinski definition) is 1. The van der Waals surface area contributed by atoms with Gasteiger partial charge in [-0.3, -0.25) is 4.90 Å². The Morgan fingerprint density at radius 1 is 1.11 bits per heavy atom. The minimum atomic E-state index is 0.461. The third-order valence-electron chi connectivity index (χ3n) is 5.08. The Bertz CT molecular complexity index is 265. The molecule has 1 N–H and O–H groups in total. The van der Waals surface area contributed by atoms with E-state index in [-0.39, 0.29) is 0 Å². The molecule has 0 saturated carbocycles. The predicted molar refractivity (Wildman–Crippen MR) is 73.8 cm³/mol. The van der Waals surface area contributed by atoms with Crippen LogP contribution in [0.1, 0.15) is 51.9 Å². The average Bonchev–Trinajstić information content (AvgIpc) is 2.92. The Morgan fingerprint density at radius 3 is 2.83 bits per heavy atom. The second-order valence-corrected chi connectivity index (χ2v) is 6.36. The maximum absolute atomic E-state index is 5.72. The van der Waals surface area contributed by atoms with Gasteiger partial charge in [0.05, 0.1) is 6.10 Å². The summed E-state index contributed by atoms with van der Waals surface area (Å²) in [6.07, 6.45) is 9.94. The molecule has 4 atom stereocenters. The molecule has 0 aromatic heterocycles. The fourth-order valence-electron chi connectivity index (χ4n) is 4.18. The van der Waals surface area contributed by atoms with Crippen molar-refractivity contribution in [2.45, 2.75) is 76.1 Å². The molecule has 0 bridgehead atoms. The average molecular weight is 252 g/mol. The molecule has 3 heteroatoms. The molecule has 4 unspecified atom stereocenters. The summed E-state index contributed by atoms with van der Waals surface area (Å²) in [5, 5.41) is 3.73. The van der Waals surface area contributed by atoms with Crippen LogP contribution in [0.15, 0.2) is 0 Å². The summed E-state index contributed by atoms with van der Waals surface area (Å²) in [5.74, 6) is 0. The summed E-state index contributed by atoms with van der Waals surface area (Å²) in [6, 6.07) is 2.35. The molecule has 3 fully saturated rings. The van der Waals surface area contributed by atoms with E-state index >= 15 is 0 Å². The number of ether oxygens (including phenoxy) is 1. The highest BCUT2D eigenvalue weighted by Gasteiger charge is 2.36. The van der Waals surface area contributed by atoms with Gasteiger partial charge in [-0.2, -0.15) is 0 Å². The summed E-state index contributed by atoms with van der Waals surface area (Å²) >= 11 is 0. The quantitative estimate of drug-likeness (QED) is 0.815. The molecular formula is C15H28N2O. The highest BCUT2D eigenvalue weighted by Crippen LogP contribution is 2.30. The van der Waals surface area contributed by atoms with Crippen LogP contribution in [0.25, 0.3) is 0 Å². The molecule has 3 aliphatic rings. The van der Waals surface area contributed by atoms with Crippen LogP contribution in [0.4, 0.5) is 0 Å². The van der Waals surface area contributed by atoms with Crippen LogP contribution >= 0.6 is 0 Å². The molecule has 3 aliphatic heterocycles. The van der Waals surface area contributed by atoms with E-state index in [4.69, 9.17) is 4.74 Å². The summed E-state index contributed by atoms with van der Waals surface area (Å²) in [5.41, 5.74) is 0. The topological polar surface area (TPSA) is 24.5 Å². The zero-order valence-electron chi connectivity index (χ0n) is 11.7. The lowest BCUT2D eigenvalue weighted by Crippen LogP contribution is -2.55. The maximum atomic E-state index is 5.72. The Kier molecular flexibility index (Phi) is 4.22. The van der Waals surface area contributed by atoms with E-state index in [9.17, 15) is 0 Å². The first-order valence-corrected chi connectivity index (χ1v) is 7.95. The molecule has 0 aliphatic carbocycles. The molecule has 3 rings (SSSR count). The van der Waals surface area contributed by atoms with Gasteiger partial charge in [0.15, 0.2) is 0 Å². The van der Waals surface area contributed by atoms with Crippen LogP contribution in [-0.2, 0) is 4.74 Å². The van der Waals surface area contributed by atoms with Crippen molar-refractivity contribution in [3.63, 3.8) is 0 Å². The maximum Gasteiger partial charge on any atom is 0.0561 e. The van der Waals surface area contributed by atoms with E-state index < -0.39 is 0 Å². The molecule has 3 saturated heterocycles. The van der Waals surface area contributed by atoms with Crippen molar-refractivity contribution >= 4 is 0 Å². The SMILES string of the molecule is CC1CC(N2CCCCC2C2CCCN2)CCO1. The van der Waals surface area contributed by atoms with Gasteiger partial charge in [-0.05, 0) is 58.5 Å². The zero-order chi connectivity index (χ0) is 12.4. The van der Waals surface area contributed by atoms with Gasteiger partial charge in [-0.15, -0.1) is 0 Å². The minimum absolute atomic E-state index is 0.461. The lowest BCUT2D eigenvalue weighted by atomic mass is 9.90. The largest absolute Gasteiger partial charge is 0.378 e. The fourth-order valence-corrected chi connectivity index (χ4v) is 4.18.